The van der Waals surface area contributed by atoms with E-state index in [4.69, 9.17) is 4.74 Å². The highest BCUT2D eigenvalue weighted by molar-refractivity contribution is 5.69. The Hall–Kier alpha value is -3.69. The number of nitrogens with one attached hydrogen (secondary N) is 1. The van der Waals surface area contributed by atoms with E-state index in [2.05, 4.69) is 20.3 Å². The summed E-state index contributed by atoms with van der Waals surface area (Å²) in [5.74, 6) is -2.01. The van der Waals surface area contributed by atoms with Gasteiger partial charge < -0.3 is 10.1 Å². The highest BCUT2D eigenvalue weighted by atomic mass is 19.1. The molecule has 0 aliphatic rings. The Balaban J connectivity index is 2.01. The molecule has 1 aromatic carbocycles. The largest absolute Gasteiger partial charge is 0.432 e. The lowest BCUT2D eigenvalue weighted by molar-refractivity contribution is -0.385. The molecule has 0 bridgehead atoms. The van der Waals surface area contributed by atoms with E-state index in [9.17, 15) is 18.9 Å². The molecular weight excluding hydrogens is 336 g/mol. The van der Waals surface area contributed by atoms with Gasteiger partial charge in [0.25, 0.3) is 0 Å². The number of halogens is 2. The number of hydrogen-bond acceptors (Lipinski definition) is 7. The van der Waals surface area contributed by atoms with Crippen molar-refractivity contribution in [1.82, 2.24) is 15.0 Å². The van der Waals surface area contributed by atoms with Gasteiger partial charge in [0, 0.05) is 12.3 Å². The lowest BCUT2D eigenvalue weighted by Gasteiger charge is -2.09. The molecule has 1 N–H and O–H groups in total. The van der Waals surface area contributed by atoms with Gasteiger partial charge in [-0.2, -0.15) is 4.98 Å². The van der Waals surface area contributed by atoms with Crippen LogP contribution in [0.3, 0.4) is 0 Å². The zero-order valence-corrected chi connectivity index (χ0v) is 12.4. The number of nitrogens with zero attached hydrogens (tertiary/aromatic N) is 4. The van der Waals surface area contributed by atoms with E-state index in [1.54, 1.807) is 6.07 Å². The summed E-state index contributed by atoms with van der Waals surface area (Å²) in [6, 6.07) is 5.76. The second-order valence-corrected chi connectivity index (χ2v) is 4.67. The van der Waals surface area contributed by atoms with Gasteiger partial charge in [-0.25, -0.2) is 13.8 Å². The van der Waals surface area contributed by atoms with Crippen LogP contribution in [-0.4, -0.2) is 19.9 Å². The minimum Gasteiger partial charge on any atom is -0.432 e. The average molecular weight is 345 g/mol. The highest BCUT2D eigenvalue weighted by Crippen LogP contribution is 2.35. The van der Waals surface area contributed by atoms with Crippen molar-refractivity contribution in [1.29, 1.82) is 0 Å². The third kappa shape index (κ3) is 3.63. The maximum atomic E-state index is 13.8. The first-order chi connectivity index (χ1) is 12.0. The van der Waals surface area contributed by atoms with Gasteiger partial charge >= 0.3 is 11.6 Å². The first kappa shape index (κ1) is 16.2. The van der Waals surface area contributed by atoms with Crippen molar-refractivity contribution in [3.05, 3.63) is 70.8 Å². The molecule has 3 rings (SSSR count). The number of pyridine rings is 1. The van der Waals surface area contributed by atoms with Crippen molar-refractivity contribution in [2.24, 2.45) is 0 Å². The van der Waals surface area contributed by atoms with Gasteiger partial charge in [0.15, 0.2) is 0 Å². The number of ether oxygens (including phenoxy) is 1. The fourth-order valence-electron chi connectivity index (χ4n) is 1.93. The summed E-state index contributed by atoms with van der Waals surface area (Å²) < 4.78 is 32.4. The van der Waals surface area contributed by atoms with Crippen molar-refractivity contribution < 1.29 is 18.4 Å². The van der Waals surface area contributed by atoms with Gasteiger partial charge in [0.2, 0.25) is 5.82 Å². The summed E-state index contributed by atoms with van der Waals surface area (Å²) in [5.41, 5.74) is -0.941. The van der Waals surface area contributed by atoms with Gasteiger partial charge in [-0.15, -0.1) is 0 Å². The van der Waals surface area contributed by atoms with Crippen LogP contribution in [0, 0.1) is 21.7 Å². The monoisotopic (exact) mass is 345 g/mol. The van der Waals surface area contributed by atoms with E-state index in [1.165, 1.54) is 18.5 Å². The molecule has 2 aromatic heterocycles. The predicted molar refractivity (Wildman–Crippen MR) is 82.6 cm³/mol. The van der Waals surface area contributed by atoms with Gasteiger partial charge in [-0.05, 0) is 24.3 Å². The number of hydrogen-bond donors (Lipinski definition) is 1. The Bertz CT molecular complexity index is 924. The number of anilines is 2. The summed E-state index contributed by atoms with van der Waals surface area (Å²) in [4.78, 5) is 21.9. The topological polar surface area (TPSA) is 103 Å². The zero-order valence-electron chi connectivity index (χ0n) is 12.4. The number of nitro groups is 1. The average Bonchev–Trinajstić information content (AvgIpc) is 2.59. The summed E-state index contributed by atoms with van der Waals surface area (Å²) >= 11 is 0. The van der Waals surface area contributed by atoms with Crippen molar-refractivity contribution >= 4 is 17.2 Å². The molecule has 25 heavy (non-hydrogen) atoms. The molecule has 0 radical (unpaired) electrons. The van der Waals surface area contributed by atoms with Crippen molar-refractivity contribution in [3.63, 3.8) is 0 Å². The van der Waals surface area contributed by atoms with Crippen LogP contribution in [0.5, 0.6) is 11.6 Å². The molecule has 3 aromatic rings. The Morgan fingerprint density at radius 1 is 1.20 bits per heavy atom. The fourth-order valence-corrected chi connectivity index (χ4v) is 1.93. The van der Waals surface area contributed by atoms with Crippen LogP contribution < -0.4 is 10.1 Å². The molecule has 0 saturated heterocycles. The van der Waals surface area contributed by atoms with Gasteiger partial charge in [-0.1, -0.05) is 0 Å². The maximum Gasteiger partial charge on any atom is 0.373 e. The first-order valence-corrected chi connectivity index (χ1v) is 6.84. The van der Waals surface area contributed by atoms with Gasteiger partial charge in [-0.3, -0.25) is 15.1 Å². The zero-order chi connectivity index (χ0) is 17.8. The molecule has 0 fully saturated rings. The Morgan fingerprint density at radius 2 is 2.04 bits per heavy atom. The smallest absolute Gasteiger partial charge is 0.373 e. The minimum absolute atomic E-state index is 0.215. The van der Waals surface area contributed by atoms with E-state index in [1.807, 2.05) is 0 Å². The van der Waals surface area contributed by atoms with Gasteiger partial charge in [0.1, 0.15) is 23.7 Å². The van der Waals surface area contributed by atoms with Crippen molar-refractivity contribution in [3.8, 4) is 11.6 Å². The maximum absolute atomic E-state index is 13.8. The predicted octanol–water partition coefficient (Wildman–Crippen LogP) is 3.59. The Morgan fingerprint density at radius 3 is 2.76 bits per heavy atom. The second-order valence-electron chi connectivity index (χ2n) is 4.67. The molecule has 10 heteroatoms. The van der Waals surface area contributed by atoms with E-state index < -0.39 is 22.2 Å². The lowest BCUT2D eigenvalue weighted by atomic mass is 10.3. The second kappa shape index (κ2) is 6.83. The molecular formula is C15H9F2N5O3. The molecule has 0 unspecified atom stereocenters. The Labute approximate surface area is 139 Å². The molecule has 8 nitrogen and oxygen atoms in total. The third-order valence-corrected chi connectivity index (χ3v) is 3.00. The number of rotatable bonds is 5. The van der Waals surface area contributed by atoms with Crippen LogP contribution in [0.2, 0.25) is 0 Å². The van der Waals surface area contributed by atoms with Crippen LogP contribution in [0.25, 0.3) is 0 Å². The molecule has 0 atom stereocenters. The molecule has 0 spiro atoms. The van der Waals surface area contributed by atoms with Crippen LogP contribution in [0.4, 0.5) is 26.0 Å². The molecule has 2 heterocycles. The minimum atomic E-state index is -0.802. The SMILES string of the molecule is O=[N+]([O-])c1c(Nc2cc(F)ccc2F)ncnc1Oc1cccnc1. The third-order valence-electron chi connectivity index (χ3n) is 3.00. The van der Waals surface area contributed by atoms with Crippen LogP contribution in [0.1, 0.15) is 0 Å². The summed E-state index contributed by atoms with van der Waals surface area (Å²) in [6.45, 7) is 0. The Kier molecular flexibility index (Phi) is 4.42. The van der Waals surface area contributed by atoms with E-state index in [0.29, 0.717) is 0 Å². The first-order valence-electron chi connectivity index (χ1n) is 6.84. The number of aromatic nitrogens is 3. The van der Waals surface area contributed by atoms with E-state index >= 15 is 0 Å². The van der Waals surface area contributed by atoms with Crippen molar-refractivity contribution in [2.75, 3.05) is 5.32 Å². The summed E-state index contributed by atoms with van der Waals surface area (Å²) in [6.07, 6.45) is 3.84. The number of benzene rings is 1. The molecule has 126 valence electrons. The van der Waals surface area contributed by atoms with Crippen LogP contribution >= 0.6 is 0 Å². The van der Waals surface area contributed by atoms with Crippen LogP contribution in [-0.2, 0) is 0 Å². The highest BCUT2D eigenvalue weighted by Gasteiger charge is 2.26. The van der Waals surface area contributed by atoms with Gasteiger partial charge in [0.05, 0.1) is 16.8 Å². The quantitative estimate of drug-likeness (QED) is 0.556. The van der Waals surface area contributed by atoms with Crippen LogP contribution in [0.15, 0.2) is 49.1 Å². The molecule has 0 aliphatic carbocycles. The normalized spacial score (nSPS) is 10.3. The summed E-state index contributed by atoms with van der Waals surface area (Å²) in [7, 11) is 0. The molecule has 0 amide bonds. The van der Waals surface area contributed by atoms with E-state index in [-0.39, 0.29) is 23.1 Å². The fraction of sp³-hybridized carbons (Fsp3) is 0. The lowest BCUT2D eigenvalue weighted by Crippen LogP contribution is -2.04. The molecule has 0 saturated carbocycles. The molecule has 0 aliphatic heterocycles. The van der Waals surface area contributed by atoms with Crippen molar-refractivity contribution in [2.45, 2.75) is 0 Å². The summed E-state index contributed by atoms with van der Waals surface area (Å²) in [5, 5.41) is 13.8. The van der Waals surface area contributed by atoms with E-state index in [0.717, 1.165) is 24.5 Å². The standard InChI is InChI=1S/C15H9F2N5O3/c16-9-3-4-11(17)12(6-9)21-14-13(22(23)24)15(20-8-19-14)25-10-2-1-5-18-7-10/h1-8H,(H,19,20,21).